The highest BCUT2D eigenvalue weighted by Crippen LogP contribution is 2.31. The van der Waals surface area contributed by atoms with Crippen molar-refractivity contribution >= 4 is 38.9 Å². The Morgan fingerprint density at radius 2 is 1.94 bits per heavy atom. The van der Waals surface area contributed by atoms with E-state index < -0.39 is 0 Å². The smallest absolute Gasteiger partial charge is 0.179 e. The Morgan fingerprint density at radius 1 is 1.17 bits per heavy atom. The molecule has 0 fully saturated rings. The lowest BCUT2D eigenvalue weighted by Gasteiger charge is -2.00. The minimum absolute atomic E-state index is 0.757. The lowest BCUT2D eigenvalue weighted by Crippen LogP contribution is -1.91. The topological polar surface area (TPSA) is 43.6 Å². The minimum atomic E-state index is 0.757. The molecule has 0 saturated heterocycles. The molecule has 0 aliphatic carbocycles. The summed E-state index contributed by atoms with van der Waals surface area (Å²) in [6, 6.07) is 10.1. The Kier molecular flexibility index (Phi) is 3.05. The summed E-state index contributed by atoms with van der Waals surface area (Å²) in [7, 11) is 1.92. The third-order valence-corrected chi connectivity index (χ3v) is 4.23. The van der Waals surface area contributed by atoms with Gasteiger partial charge in [-0.05, 0) is 28.1 Å². The number of aryl methyl sites for hydroxylation is 1. The molecule has 3 rings (SSSR count). The monoisotopic (exact) mass is 320 g/mol. The summed E-state index contributed by atoms with van der Waals surface area (Å²) in [6.07, 6.45) is 1.57. The van der Waals surface area contributed by atoms with E-state index in [2.05, 4.69) is 43.0 Å². The lowest BCUT2D eigenvalue weighted by molar-refractivity contribution is 0.895. The first kappa shape index (κ1) is 11.7. The zero-order valence-corrected chi connectivity index (χ0v) is 11.9. The van der Waals surface area contributed by atoms with Gasteiger partial charge in [-0.1, -0.05) is 30.0 Å². The van der Waals surface area contributed by atoms with Gasteiger partial charge in [0.25, 0.3) is 0 Å². The molecule has 0 saturated carbocycles. The van der Waals surface area contributed by atoms with E-state index in [9.17, 15) is 0 Å². The van der Waals surface area contributed by atoms with E-state index in [0.717, 1.165) is 25.8 Å². The first-order valence-electron chi connectivity index (χ1n) is 5.31. The molecule has 2 heterocycles. The Labute approximate surface area is 117 Å². The van der Waals surface area contributed by atoms with E-state index >= 15 is 0 Å². The van der Waals surface area contributed by atoms with Crippen LogP contribution in [0.3, 0.4) is 0 Å². The second-order valence-electron chi connectivity index (χ2n) is 3.71. The van der Waals surface area contributed by atoms with Gasteiger partial charge < -0.3 is 4.57 Å². The SMILES string of the molecule is Cn1c(Br)nc2c(Sc3ccccc3)ncnc21. The van der Waals surface area contributed by atoms with Crippen LogP contribution in [0.15, 0.2) is 51.3 Å². The summed E-state index contributed by atoms with van der Waals surface area (Å²) in [5.41, 5.74) is 1.65. The van der Waals surface area contributed by atoms with Crippen LogP contribution in [0.5, 0.6) is 0 Å². The second kappa shape index (κ2) is 4.70. The van der Waals surface area contributed by atoms with Crippen LogP contribution < -0.4 is 0 Å². The molecule has 0 N–H and O–H groups in total. The Bertz CT molecular complexity index is 696. The van der Waals surface area contributed by atoms with Crippen LogP contribution in [-0.2, 0) is 7.05 Å². The maximum Gasteiger partial charge on any atom is 0.179 e. The molecule has 3 aromatic rings. The molecule has 6 heteroatoms. The quantitative estimate of drug-likeness (QED) is 0.537. The zero-order chi connectivity index (χ0) is 12.5. The van der Waals surface area contributed by atoms with Gasteiger partial charge in [-0.15, -0.1) is 0 Å². The lowest BCUT2D eigenvalue weighted by atomic mass is 10.4. The predicted octanol–water partition coefficient (Wildman–Crippen LogP) is 3.28. The fourth-order valence-electron chi connectivity index (χ4n) is 1.63. The van der Waals surface area contributed by atoms with Gasteiger partial charge in [0.2, 0.25) is 0 Å². The molecule has 0 unspecified atom stereocenters. The molecule has 2 aromatic heterocycles. The van der Waals surface area contributed by atoms with E-state index in [1.165, 1.54) is 0 Å². The van der Waals surface area contributed by atoms with Crippen LogP contribution in [0, 0.1) is 0 Å². The van der Waals surface area contributed by atoms with Crippen LogP contribution in [0.25, 0.3) is 11.2 Å². The molecule has 4 nitrogen and oxygen atoms in total. The molecular weight excluding hydrogens is 312 g/mol. The number of rotatable bonds is 2. The number of imidazole rings is 1. The molecule has 0 amide bonds. The molecule has 0 bridgehead atoms. The van der Waals surface area contributed by atoms with E-state index in [1.54, 1.807) is 18.1 Å². The van der Waals surface area contributed by atoms with E-state index in [4.69, 9.17) is 0 Å². The summed E-state index contributed by atoms with van der Waals surface area (Å²) in [6.45, 7) is 0. The van der Waals surface area contributed by atoms with Gasteiger partial charge in [0.1, 0.15) is 16.9 Å². The van der Waals surface area contributed by atoms with Crippen molar-refractivity contribution in [3.05, 3.63) is 41.4 Å². The summed E-state index contributed by atoms with van der Waals surface area (Å²) in [5, 5.41) is 0.868. The summed E-state index contributed by atoms with van der Waals surface area (Å²) < 4.78 is 2.65. The van der Waals surface area contributed by atoms with Crippen molar-refractivity contribution in [2.75, 3.05) is 0 Å². The summed E-state index contributed by atoms with van der Waals surface area (Å²) in [5.74, 6) is 0. The van der Waals surface area contributed by atoms with Crippen molar-refractivity contribution in [3.8, 4) is 0 Å². The average Bonchev–Trinajstić information content (AvgIpc) is 2.69. The number of hydrogen-bond donors (Lipinski definition) is 0. The van der Waals surface area contributed by atoms with Gasteiger partial charge in [0, 0.05) is 11.9 Å². The maximum atomic E-state index is 4.44. The molecular formula is C12H9BrN4S. The largest absolute Gasteiger partial charge is 0.306 e. The molecule has 0 aliphatic heterocycles. The molecule has 1 aromatic carbocycles. The number of halogens is 1. The van der Waals surface area contributed by atoms with Gasteiger partial charge >= 0.3 is 0 Å². The third-order valence-electron chi connectivity index (χ3n) is 2.53. The Hall–Kier alpha value is -1.40. The van der Waals surface area contributed by atoms with Crippen molar-refractivity contribution in [1.29, 1.82) is 0 Å². The van der Waals surface area contributed by atoms with Crippen LogP contribution in [0.2, 0.25) is 0 Å². The van der Waals surface area contributed by atoms with Crippen LogP contribution >= 0.6 is 27.7 Å². The highest BCUT2D eigenvalue weighted by Gasteiger charge is 2.12. The van der Waals surface area contributed by atoms with Crippen molar-refractivity contribution in [2.45, 2.75) is 9.92 Å². The number of benzene rings is 1. The molecule has 0 spiro atoms. The zero-order valence-electron chi connectivity index (χ0n) is 9.54. The van der Waals surface area contributed by atoms with Crippen LogP contribution in [-0.4, -0.2) is 19.5 Å². The number of aromatic nitrogens is 4. The first-order chi connectivity index (χ1) is 8.75. The molecule has 0 aliphatic rings. The highest BCUT2D eigenvalue weighted by atomic mass is 79.9. The number of fused-ring (bicyclic) bond motifs is 1. The van der Waals surface area contributed by atoms with Gasteiger partial charge in [-0.2, -0.15) is 0 Å². The maximum absolute atomic E-state index is 4.44. The van der Waals surface area contributed by atoms with Crippen LogP contribution in [0.4, 0.5) is 0 Å². The fraction of sp³-hybridized carbons (Fsp3) is 0.0833. The summed E-state index contributed by atoms with van der Waals surface area (Å²) in [4.78, 5) is 14.1. The van der Waals surface area contributed by atoms with Gasteiger partial charge in [0.05, 0.1) is 0 Å². The van der Waals surface area contributed by atoms with Gasteiger partial charge in [-0.3, -0.25) is 0 Å². The summed E-state index contributed by atoms with van der Waals surface area (Å²) >= 11 is 4.99. The number of hydrogen-bond acceptors (Lipinski definition) is 4. The van der Waals surface area contributed by atoms with Crippen molar-refractivity contribution in [2.24, 2.45) is 7.05 Å². The second-order valence-corrected chi connectivity index (χ2v) is 5.48. The highest BCUT2D eigenvalue weighted by molar-refractivity contribution is 9.10. The average molecular weight is 321 g/mol. The third kappa shape index (κ3) is 2.02. The van der Waals surface area contributed by atoms with Crippen molar-refractivity contribution in [1.82, 2.24) is 19.5 Å². The van der Waals surface area contributed by atoms with E-state index in [1.807, 2.05) is 29.8 Å². The minimum Gasteiger partial charge on any atom is -0.306 e. The Morgan fingerprint density at radius 3 is 2.72 bits per heavy atom. The van der Waals surface area contributed by atoms with E-state index in [-0.39, 0.29) is 0 Å². The van der Waals surface area contributed by atoms with Crippen molar-refractivity contribution in [3.63, 3.8) is 0 Å². The molecule has 0 radical (unpaired) electrons. The number of nitrogens with zero attached hydrogens (tertiary/aromatic N) is 4. The van der Waals surface area contributed by atoms with Gasteiger partial charge in [0.15, 0.2) is 10.4 Å². The van der Waals surface area contributed by atoms with Gasteiger partial charge in [-0.25, -0.2) is 15.0 Å². The first-order valence-corrected chi connectivity index (χ1v) is 6.92. The molecule has 18 heavy (non-hydrogen) atoms. The Balaban J connectivity index is 2.10. The predicted molar refractivity (Wildman–Crippen MR) is 74.6 cm³/mol. The molecule has 0 atom stereocenters. The van der Waals surface area contributed by atoms with Crippen molar-refractivity contribution < 1.29 is 0 Å². The molecule has 90 valence electrons. The fourth-order valence-corrected chi connectivity index (χ4v) is 2.82. The van der Waals surface area contributed by atoms with Crippen LogP contribution in [0.1, 0.15) is 0 Å². The van der Waals surface area contributed by atoms with E-state index in [0.29, 0.717) is 0 Å². The normalized spacial score (nSPS) is 11.0. The standard InChI is InChI=1S/C12H9BrN4S/c1-17-10-9(16-12(17)13)11(15-7-14-10)18-8-5-3-2-4-6-8/h2-7H,1H3.